The maximum atomic E-state index is 12.0. The number of aromatic amines is 1. The number of hydrogen-bond donors (Lipinski definition) is 3. The molecular formula is C11H17BrN4O. The van der Waals surface area contributed by atoms with Gasteiger partial charge >= 0.3 is 0 Å². The molecule has 6 heteroatoms. The zero-order valence-corrected chi connectivity index (χ0v) is 11.6. The molecule has 1 aromatic heterocycles. The molecule has 17 heavy (non-hydrogen) atoms. The first-order chi connectivity index (χ1) is 8.09. The van der Waals surface area contributed by atoms with E-state index in [-0.39, 0.29) is 11.9 Å². The van der Waals surface area contributed by atoms with E-state index >= 15 is 0 Å². The SMILES string of the molecule is CC(C)c1[nH]nc(C(=O)NC2CCNC2)c1Br. The van der Waals surface area contributed by atoms with Crippen LogP contribution in [0.25, 0.3) is 0 Å². The predicted octanol–water partition coefficient (Wildman–Crippen LogP) is 1.39. The topological polar surface area (TPSA) is 69.8 Å². The van der Waals surface area contributed by atoms with Crippen molar-refractivity contribution in [3.05, 3.63) is 15.9 Å². The Morgan fingerprint density at radius 2 is 2.35 bits per heavy atom. The molecule has 1 fully saturated rings. The third kappa shape index (κ3) is 2.69. The van der Waals surface area contributed by atoms with Gasteiger partial charge in [0.05, 0.1) is 10.2 Å². The molecule has 1 saturated heterocycles. The molecule has 0 radical (unpaired) electrons. The Hall–Kier alpha value is -0.880. The highest BCUT2D eigenvalue weighted by Gasteiger charge is 2.23. The van der Waals surface area contributed by atoms with Crippen LogP contribution in [-0.4, -0.2) is 35.2 Å². The normalized spacial score (nSPS) is 19.9. The Kier molecular flexibility index (Phi) is 3.83. The van der Waals surface area contributed by atoms with E-state index < -0.39 is 0 Å². The highest BCUT2D eigenvalue weighted by atomic mass is 79.9. The van der Waals surface area contributed by atoms with E-state index in [1.54, 1.807) is 0 Å². The van der Waals surface area contributed by atoms with Crippen LogP contribution in [0.1, 0.15) is 42.4 Å². The molecule has 2 rings (SSSR count). The van der Waals surface area contributed by atoms with E-state index in [0.29, 0.717) is 11.6 Å². The minimum atomic E-state index is -0.117. The summed E-state index contributed by atoms with van der Waals surface area (Å²) in [6, 6.07) is 0.216. The quantitative estimate of drug-likeness (QED) is 0.790. The van der Waals surface area contributed by atoms with Crippen molar-refractivity contribution in [3.8, 4) is 0 Å². The molecular weight excluding hydrogens is 284 g/mol. The van der Waals surface area contributed by atoms with Crippen LogP contribution in [0.2, 0.25) is 0 Å². The van der Waals surface area contributed by atoms with Gasteiger partial charge in [-0.2, -0.15) is 5.10 Å². The fourth-order valence-corrected chi connectivity index (χ4v) is 2.72. The van der Waals surface area contributed by atoms with Gasteiger partial charge in [-0.1, -0.05) is 13.8 Å². The zero-order chi connectivity index (χ0) is 12.4. The summed E-state index contributed by atoms with van der Waals surface area (Å²) in [5, 5.41) is 13.2. The smallest absolute Gasteiger partial charge is 0.273 e. The number of carbonyl (C=O) groups is 1. The second-order valence-electron chi connectivity index (χ2n) is 4.62. The van der Waals surface area contributed by atoms with Crippen LogP contribution in [0.5, 0.6) is 0 Å². The van der Waals surface area contributed by atoms with E-state index in [0.717, 1.165) is 29.7 Å². The first-order valence-corrected chi connectivity index (χ1v) is 6.64. The highest BCUT2D eigenvalue weighted by molar-refractivity contribution is 9.10. The minimum Gasteiger partial charge on any atom is -0.347 e. The van der Waals surface area contributed by atoms with Gasteiger partial charge in [-0.25, -0.2) is 0 Å². The first-order valence-electron chi connectivity index (χ1n) is 5.85. The molecule has 5 nitrogen and oxygen atoms in total. The van der Waals surface area contributed by atoms with Crippen molar-refractivity contribution < 1.29 is 4.79 Å². The largest absolute Gasteiger partial charge is 0.347 e. The van der Waals surface area contributed by atoms with E-state index in [4.69, 9.17) is 0 Å². The average molecular weight is 301 g/mol. The molecule has 2 heterocycles. The highest BCUT2D eigenvalue weighted by Crippen LogP contribution is 2.25. The number of amides is 1. The molecule has 1 aliphatic rings. The number of nitrogens with zero attached hydrogens (tertiary/aromatic N) is 1. The number of rotatable bonds is 3. The van der Waals surface area contributed by atoms with E-state index in [2.05, 4.69) is 50.6 Å². The fourth-order valence-electron chi connectivity index (χ4n) is 1.91. The lowest BCUT2D eigenvalue weighted by molar-refractivity contribution is 0.0934. The number of nitrogens with one attached hydrogen (secondary N) is 3. The van der Waals surface area contributed by atoms with Gasteiger partial charge in [0, 0.05) is 12.6 Å². The summed E-state index contributed by atoms with van der Waals surface area (Å²) in [6.45, 7) is 5.91. The molecule has 0 bridgehead atoms. The van der Waals surface area contributed by atoms with Gasteiger partial charge < -0.3 is 10.6 Å². The lowest BCUT2D eigenvalue weighted by atomic mass is 10.1. The lowest BCUT2D eigenvalue weighted by Gasteiger charge is -2.09. The van der Waals surface area contributed by atoms with Crippen LogP contribution in [-0.2, 0) is 0 Å². The third-order valence-corrected chi connectivity index (χ3v) is 3.72. The van der Waals surface area contributed by atoms with E-state index in [1.807, 2.05) is 0 Å². The Morgan fingerprint density at radius 1 is 1.59 bits per heavy atom. The van der Waals surface area contributed by atoms with Gasteiger partial charge in [-0.05, 0) is 34.8 Å². The second-order valence-corrected chi connectivity index (χ2v) is 5.41. The standard InChI is InChI=1S/C11H17BrN4O/c1-6(2)9-8(12)10(16-15-9)11(17)14-7-3-4-13-5-7/h6-7,13H,3-5H2,1-2H3,(H,14,17)(H,15,16). The Labute approximate surface area is 109 Å². The average Bonchev–Trinajstić information content (AvgIpc) is 2.86. The molecule has 94 valence electrons. The van der Waals surface area contributed by atoms with Gasteiger partial charge in [0.25, 0.3) is 5.91 Å². The molecule has 1 aromatic rings. The summed E-state index contributed by atoms with van der Waals surface area (Å²) in [4.78, 5) is 12.0. The van der Waals surface area contributed by atoms with Crippen molar-refractivity contribution in [1.29, 1.82) is 0 Å². The maximum Gasteiger partial charge on any atom is 0.273 e. The Morgan fingerprint density at radius 3 is 2.88 bits per heavy atom. The van der Waals surface area contributed by atoms with Crippen LogP contribution >= 0.6 is 15.9 Å². The number of hydrogen-bond acceptors (Lipinski definition) is 3. The molecule has 3 N–H and O–H groups in total. The fraction of sp³-hybridized carbons (Fsp3) is 0.636. The summed E-state index contributed by atoms with van der Waals surface area (Å²) in [7, 11) is 0. The number of aromatic nitrogens is 2. The van der Waals surface area contributed by atoms with Crippen molar-refractivity contribution in [2.75, 3.05) is 13.1 Å². The van der Waals surface area contributed by atoms with Gasteiger partial charge in [0.1, 0.15) is 0 Å². The van der Waals surface area contributed by atoms with Crippen LogP contribution in [0.4, 0.5) is 0 Å². The lowest BCUT2D eigenvalue weighted by Crippen LogP contribution is -2.36. The van der Waals surface area contributed by atoms with E-state index in [9.17, 15) is 4.79 Å². The Bertz CT molecular complexity index is 410. The summed E-state index contributed by atoms with van der Waals surface area (Å²) in [5.74, 6) is 0.195. The van der Waals surface area contributed by atoms with Crippen molar-refractivity contribution in [2.24, 2.45) is 0 Å². The summed E-state index contributed by atoms with van der Waals surface area (Å²) >= 11 is 3.43. The van der Waals surface area contributed by atoms with Crippen molar-refractivity contribution in [2.45, 2.75) is 32.2 Å². The van der Waals surface area contributed by atoms with Gasteiger partial charge in [-0.15, -0.1) is 0 Å². The molecule has 1 aliphatic heterocycles. The van der Waals surface area contributed by atoms with Crippen molar-refractivity contribution in [1.82, 2.24) is 20.8 Å². The Balaban J connectivity index is 2.08. The summed E-state index contributed by atoms with van der Waals surface area (Å²) in [5.41, 5.74) is 1.40. The maximum absolute atomic E-state index is 12.0. The monoisotopic (exact) mass is 300 g/mol. The summed E-state index contributed by atoms with van der Waals surface area (Å²) in [6.07, 6.45) is 0.977. The molecule has 1 amide bonds. The molecule has 1 unspecified atom stereocenters. The van der Waals surface area contributed by atoms with Crippen LogP contribution in [0, 0.1) is 0 Å². The van der Waals surface area contributed by atoms with Crippen LogP contribution < -0.4 is 10.6 Å². The zero-order valence-electron chi connectivity index (χ0n) is 10.0. The molecule has 1 atom stereocenters. The van der Waals surface area contributed by atoms with E-state index in [1.165, 1.54) is 0 Å². The second kappa shape index (κ2) is 5.18. The minimum absolute atomic E-state index is 0.117. The molecule has 0 aromatic carbocycles. The molecule has 0 spiro atoms. The number of H-pyrrole nitrogens is 1. The predicted molar refractivity (Wildman–Crippen MR) is 69.1 cm³/mol. The first kappa shape index (κ1) is 12.6. The van der Waals surface area contributed by atoms with Crippen LogP contribution in [0.15, 0.2) is 4.47 Å². The van der Waals surface area contributed by atoms with Crippen molar-refractivity contribution >= 4 is 21.8 Å². The van der Waals surface area contributed by atoms with Crippen LogP contribution in [0.3, 0.4) is 0 Å². The number of halogens is 1. The third-order valence-electron chi connectivity index (χ3n) is 2.92. The van der Waals surface area contributed by atoms with Gasteiger partial charge in [0.2, 0.25) is 0 Å². The van der Waals surface area contributed by atoms with Crippen molar-refractivity contribution in [3.63, 3.8) is 0 Å². The molecule has 0 aliphatic carbocycles. The number of carbonyl (C=O) groups excluding carboxylic acids is 1. The van der Waals surface area contributed by atoms with Gasteiger partial charge in [-0.3, -0.25) is 9.89 Å². The molecule has 0 saturated carbocycles. The van der Waals surface area contributed by atoms with Gasteiger partial charge in [0.15, 0.2) is 5.69 Å². The summed E-state index contributed by atoms with van der Waals surface area (Å²) < 4.78 is 0.774.